The van der Waals surface area contributed by atoms with Gasteiger partial charge in [-0.1, -0.05) is 15.9 Å². The highest BCUT2D eigenvalue weighted by molar-refractivity contribution is 9.09. The molecule has 1 atom stereocenters. The van der Waals surface area contributed by atoms with E-state index in [0.29, 0.717) is 0 Å². The molecule has 2 nitrogen and oxygen atoms in total. The minimum absolute atomic E-state index is 0.259. The summed E-state index contributed by atoms with van der Waals surface area (Å²) >= 11 is 3.47. The third kappa shape index (κ3) is 1.71. The predicted octanol–water partition coefficient (Wildman–Crippen LogP) is 1.43. The lowest BCUT2D eigenvalue weighted by atomic mass is 9.91. The van der Waals surface area contributed by atoms with Gasteiger partial charge in [0.1, 0.15) is 0 Å². The van der Waals surface area contributed by atoms with E-state index in [1.165, 1.54) is 0 Å². The van der Waals surface area contributed by atoms with Gasteiger partial charge in [-0.05, 0) is 6.42 Å². The van der Waals surface area contributed by atoms with Crippen molar-refractivity contribution in [3.63, 3.8) is 0 Å². The van der Waals surface area contributed by atoms with E-state index in [2.05, 4.69) is 15.9 Å². The van der Waals surface area contributed by atoms with E-state index < -0.39 is 0 Å². The largest absolute Gasteiger partial charge is 0.384 e. The molecule has 0 N–H and O–H groups in total. The maximum Gasteiger partial charge on any atom is 0.0553 e. The zero-order chi connectivity index (χ0) is 7.45. The average molecular weight is 209 g/mol. The molecule has 0 aromatic heterocycles. The molecule has 0 aromatic carbocycles. The zero-order valence-electron chi connectivity index (χ0n) is 6.23. The molecule has 10 heavy (non-hydrogen) atoms. The molecule has 0 radical (unpaired) electrons. The number of hydrogen-bond donors (Lipinski definition) is 0. The Hall–Kier alpha value is 0.400. The van der Waals surface area contributed by atoms with Gasteiger partial charge in [-0.3, -0.25) is 0 Å². The van der Waals surface area contributed by atoms with Crippen LogP contribution in [0.3, 0.4) is 0 Å². The first-order chi connectivity index (χ1) is 4.83. The summed E-state index contributed by atoms with van der Waals surface area (Å²) in [5.74, 6) is 0. The molecule has 0 amide bonds. The molecule has 1 saturated heterocycles. The number of methoxy groups -OCH3 is 1. The van der Waals surface area contributed by atoms with Crippen molar-refractivity contribution in [3.8, 4) is 0 Å². The lowest BCUT2D eigenvalue weighted by molar-refractivity contribution is 0.0786. The summed E-state index contributed by atoms with van der Waals surface area (Å²) in [6.45, 7) is 2.53. The van der Waals surface area contributed by atoms with Gasteiger partial charge in [0.2, 0.25) is 0 Å². The molecule has 60 valence electrons. The summed E-state index contributed by atoms with van der Waals surface area (Å²) in [6.07, 6.45) is 1.12. The summed E-state index contributed by atoms with van der Waals surface area (Å²) in [6, 6.07) is 0. The van der Waals surface area contributed by atoms with Crippen molar-refractivity contribution in [3.05, 3.63) is 0 Å². The van der Waals surface area contributed by atoms with Crippen molar-refractivity contribution in [2.45, 2.75) is 6.42 Å². The first-order valence-electron chi connectivity index (χ1n) is 3.46. The molecule has 1 heterocycles. The minimum Gasteiger partial charge on any atom is -0.384 e. The molecule has 1 unspecified atom stereocenters. The van der Waals surface area contributed by atoms with E-state index in [9.17, 15) is 0 Å². The van der Waals surface area contributed by atoms with Crippen LogP contribution in [-0.4, -0.2) is 32.3 Å². The Morgan fingerprint density at radius 1 is 1.70 bits per heavy atom. The summed E-state index contributed by atoms with van der Waals surface area (Å²) < 4.78 is 10.4. The van der Waals surface area contributed by atoms with Crippen molar-refractivity contribution < 1.29 is 9.47 Å². The van der Waals surface area contributed by atoms with E-state index in [0.717, 1.165) is 31.6 Å². The number of alkyl halides is 1. The van der Waals surface area contributed by atoms with Crippen LogP contribution in [0.4, 0.5) is 0 Å². The highest BCUT2D eigenvalue weighted by atomic mass is 79.9. The van der Waals surface area contributed by atoms with E-state index in [-0.39, 0.29) is 5.41 Å². The first kappa shape index (κ1) is 8.50. The highest BCUT2D eigenvalue weighted by Crippen LogP contribution is 2.30. The van der Waals surface area contributed by atoms with E-state index >= 15 is 0 Å². The topological polar surface area (TPSA) is 18.5 Å². The Balaban J connectivity index is 2.41. The lowest BCUT2D eigenvalue weighted by Gasteiger charge is -2.22. The van der Waals surface area contributed by atoms with Crippen LogP contribution in [0.2, 0.25) is 0 Å². The van der Waals surface area contributed by atoms with Crippen molar-refractivity contribution >= 4 is 15.9 Å². The van der Waals surface area contributed by atoms with Gasteiger partial charge in [-0.2, -0.15) is 0 Å². The van der Waals surface area contributed by atoms with Crippen LogP contribution in [0.15, 0.2) is 0 Å². The fraction of sp³-hybridized carbons (Fsp3) is 1.00. The summed E-state index contributed by atoms with van der Waals surface area (Å²) in [5, 5.41) is 0.980. The Bertz CT molecular complexity index is 99.8. The quantitative estimate of drug-likeness (QED) is 0.654. The molecule has 0 bridgehead atoms. The van der Waals surface area contributed by atoms with Crippen molar-refractivity contribution in [2.24, 2.45) is 5.41 Å². The fourth-order valence-corrected chi connectivity index (χ4v) is 1.82. The van der Waals surface area contributed by atoms with Crippen LogP contribution >= 0.6 is 15.9 Å². The molecule has 3 heteroatoms. The molecule has 1 aliphatic rings. The van der Waals surface area contributed by atoms with Gasteiger partial charge < -0.3 is 9.47 Å². The van der Waals surface area contributed by atoms with Crippen LogP contribution < -0.4 is 0 Å². The summed E-state index contributed by atoms with van der Waals surface area (Å²) in [5.41, 5.74) is 0.259. The Labute approximate surface area is 70.0 Å². The van der Waals surface area contributed by atoms with Crippen LogP contribution in [0.1, 0.15) is 6.42 Å². The number of rotatable bonds is 3. The molecule has 0 saturated carbocycles. The minimum atomic E-state index is 0.259. The Morgan fingerprint density at radius 2 is 2.50 bits per heavy atom. The van der Waals surface area contributed by atoms with Gasteiger partial charge in [-0.15, -0.1) is 0 Å². The molecule has 0 spiro atoms. The number of ether oxygens (including phenoxy) is 2. The van der Waals surface area contributed by atoms with E-state index in [1.807, 2.05) is 0 Å². The van der Waals surface area contributed by atoms with Gasteiger partial charge in [0, 0.05) is 24.5 Å². The second kappa shape index (κ2) is 3.69. The molecule has 1 aliphatic heterocycles. The average Bonchev–Trinajstić information content (AvgIpc) is 2.39. The monoisotopic (exact) mass is 208 g/mol. The molecular formula is C7H13BrO2. The highest BCUT2D eigenvalue weighted by Gasteiger charge is 2.33. The SMILES string of the molecule is COCC1(CBr)CCOC1. The maximum atomic E-state index is 5.29. The maximum absolute atomic E-state index is 5.29. The zero-order valence-corrected chi connectivity index (χ0v) is 7.82. The molecule has 0 aromatic rings. The van der Waals surface area contributed by atoms with Crippen LogP contribution in [-0.2, 0) is 9.47 Å². The van der Waals surface area contributed by atoms with Gasteiger partial charge in [0.25, 0.3) is 0 Å². The molecular weight excluding hydrogens is 196 g/mol. The van der Waals surface area contributed by atoms with Gasteiger partial charge in [0.15, 0.2) is 0 Å². The van der Waals surface area contributed by atoms with E-state index in [1.54, 1.807) is 7.11 Å². The molecule has 0 aliphatic carbocycles. The molecule has 1 fully saturated rings. The Morgan fingerprint density at radius 3 is 2.90 bits per heavy atom. The first-order valence-corrected chi connectivity index (χ1v) is 4.58. The van der Waals surface area contributed by atoms with Gasteiger partial charge in [-0.25, -0.2) is 0 Å². The smallest absolute Gasteiger partial charge is 0.0553 e. The van der Waals surface area contributed by atoms with Crippen LogP contribution in [0.25, 0.3) is 0 Å². The van der Waals surface area contributed by atoms with Crippen molar-refractivity contribution in [2.75, 3.05) is 32.3 Å². The third-order valence-electron chi connectivity index (χ3n) is 1.92. The lowest BCUT2D eigenvalue weighted by Crippen LogP contribution is -2.28. The second-order valence-electron chi connectivity index (χ2n) is 2.87. The summed E-state index contributed by atoms with van der Waals surface area (Å²) in [7, 11) is 1.74. The van der Waals surface area contributed by atoms with Crippen molar-refractivity contribution in [1.82, 2.24) is 0 Å². The fourth-order valence-electron chi connectivity index (χ4n) is 1.21. The summed E-state index contributed by atoms with van der Waals surface area (Å²) in [4.78, 5) is 0. The van der Waals surface area contributed by atoms with Crippen molar-refractivity contribution in [1.29, 1.82) is 0 Å². The third-order valence-corrected chi connectivity index (χ3v) is 3.11. The number of hydrogen-bond acceptors (Lipinski definition) is 2. The van der Waals surface area contributed by atoms with Gasteiger partial charge >= 0.3 is 0 Å². The second-order valence-corrected chi connectivity index (χ2v) is 3.43. The Kier molecular flexibility index (Phi) is 3.14. The number of halogens is 1. The molecule has 1 rings (SSSR count). The van der Waals surface area contributed by atoms with Crippen LogP contribution in [0.5, 0.6) is 0 Å². The van der Waals surface area contributed by atoms with Gasteiger partial charge in [0.05, 0.1) is 13.2 Å². The normalized spacial score (nSPS) is 33.0. The van der Waals surface area contributed by atoms with E-state index in [4.69, 9.17) is 9.47 Å². The standard InChI is InChI=1S/C7H13BrO2/c1-9-5-7(4-8)2-3-10-6-7/h2-6H2,1H3. The predicted molar refractivity (Wildman–Crippen MR) is 43.5 cm³/mol. The van der Waals surface area contributed by atoms with Crippen LogP contribution in [0, 0.1) is 5.41 Å².